The average molecular weight is 284 g/mol. The van der Waals surface area contributed by atoms with Crippen molar-refractivity contribution in [3.63, 3.8) is 0 Å². The Balaban J connectivity index is 1.91. The van der Waals surface area contributed by atoms with Crippen LogP contribution in [0.2, 0.25) is 0 Å². The van der Waals surface area contributed by atoms with Crippen LogP contribution >= 0.6 is 0 Å². The molecule has 1 saturated carbocycles. The predicted molar refractivity (Wildman–Crippen MR) is 70.8 cm³/mol. The van der Waals surface area contributed by atoms with Crippen molar-refractivity contribution in [3.05, 3.63) is 35.1 Å². The molecule has 0 radical (unpaired) electrons. The lowest BCUT2D eigenvalue weighted by Crippen LogP contribution is -2.47. The van der Waals surface area contributed by atoms with E-state index in [2.05, 4.69) is 10.2 Å². The molecule has 0 spiro atoms. The van der Waals surface area contributed by atoms with E-state index in [9.17, 15) is 13.2 Å². The van der Waals surface area contributed by atoms with Gasteiger partial charge in [-0.25, -0.2) is 13.2 Å². The van der Waals surface area contributed by atoms with Crippen molar-refractivity contribution in [1.82, 2.24) is 10.2 Å². The van der Waals surface area contributed by atoms with Crippen molar-refractivity contribution >= 4 is 0 Å². The molecule has 0 amide bonds. The fourth-order valence-electron chi connectivity index (χ4n) is 3.24. The Morgan fingerprint density at radius 2 is 1.65 bits per heavy atom. The highest BCUT2D eigenvalue weighted by Crippen LogP contribution is 2.42. The van der Waals surface area contributed by atoms with E-state index >= 15 is 0 Å². The normalized spacial score (nSPS) is 22.6. The van der Waals surface area contributed by atoms with E-state index in [4.69, 9.17) is 0 Å². The van der Waals surface area contributed by atoms with Crippen molar-refractivity contribution in [1.29, 1.82) is 0 Å². The Kier molecular flexibility index (Phi) is 3.98. The molecule has 1 aromatic rings. The molecule has 1 aliphatic carbocycles. The molecule has 2 nitrogen and oxygen atoms in total. The van der Waals surface area contributed by atoms with Gasteiger partial charge in [0.25, 0.3) is 0 Å². The van der Waals surface area contributed by atoms with Crippen LogP contribution in [-0.4, -0.2) is 31.1 Å². The minimum atomic E-state index is -1.37. The smallest absolute Gasteiger partial charge is 0.194 e. The number of benzene rings is 1. The number of nitrogens with one attached hydrogen (secondary N) is 1. The first-order valence-corrected chi connectivity index (χ1v) is 7.26. The third kappa shape index (κ3) is 2.56. The van der Waals surface area contributed by atoms with E-state index < -0.39 is 17.5 Å². The lowest BCUT2D eigenvalue weighted by molar-refractivity contribution is 0.0831. The third-order valence-electron chi connectivity index (χ3n) is 4.49. The second kappa shape index (κ2) is 5.74. The van der Waals surface area contributed by atoms with Gasteiger partial charge in [-0.15, -0.1) is 0 Å². The van der Waals surface area contributed by atoms with Gasteiger partial charge in [-0.2, -0.15) is 0 Å². The van der Waals surface area contributed by atoms with Crippen molar-refractivity contribution in [3.8, 4) is 0 Å². The molecule has 5 heteroatoms. The van der Waals surface area contributed by atoms with Crippen LogP contribution in [-0.2, 0) is 0 Å². The molecule has 0 bridgehead atoms. The average Bonchev–Trinajstić information content (AvgIpc) is 2.40. The standard InChI is InChI=1S/C15H19F3N2/c16-12-8-11(9-13(17)14(12)18)15(10-2-1-3-10)20-6-4-19-5-7-20/h8-10,15,19H,1-7H2/t15-/m0/s1. The molecule has 20 heavy (non-hydrogen) atoms. The highest BCUT2D eigenvalue weighted by molar-refractivity contribution is 5.24. The summed E-state index contributed by atoms with van der Waals surface area (Å²) >= 11 is 0. The molecule has 1 saturated heterocycles. The summed E-state index contributed by atoms with van der Waals surface area (Å²) in [7, 11) is 0. The number of hydrogen-bond acceptors (Lipinski definition) is 2. The molecule has 1 aliphatic heterocycles. The lowest BCUT2D eigenvalue weighted by atomic mass is 9.76. The minimum Gasteiger partial charge on any atom is -0.314 e. The molecule has 0 aromatic heterocycles. The molecule has 0 unspecified atom stereocenters. The Morgan fingerprint density at radius 1 is 1.05 bits per heavy atom. The Hall–Kier alpha value is -1.07. The molecule has 1 atom stereocenters. The monoisotopic (exact) mass is 284 g/mol. The van der Waals surface area contributed by atoms with E-state index in [1.54, 1.807) is 0 Å². The van der Waals surface area contributed by atoms with Crippen LogP contribution in [0.4, 0.5) is 13.2 Å². The van der Waals surface area contributed by atoms with Gasteiger partial charge >= 0.3 is 0 Å². The van der Waals surface area contributed by atoms with Crippen molar-refractivity contribution in [2.24, 2.45) is 5.92 Å². The zero-order chi connectivity index (χ0) is 14.1. The maximum Gasteiger partial charge on any atom is 0.194 e. The molecule has 110 valence electrons. The summed E-state index contributed by atoms with van der Waals surface area (Å²) in [6, 6.07) is 2.35. The van der Waals surface area contributed by atoms with Gasteiger partial charge in [-0.3, -0.25) is 4.90 Å². The van der Waals surface area contributed by atoms with E-state index in [1.165, 1.54) is 18.6 Å². The summed E-state index contributed by atoms with van der Waals surface area (Å²) in [5, 5.41) is 3.28. The fourth-order valence-corrected chi connectivity index (χ4v) is 3.24. The van der Waals surface area contributed by atoms with Crippen molar-refractivity contribution < 1.29 is 13.2 Å². The highest BCUT2D eigenvalue weighted by Gasteiger charge is 2.34. The zero-order valence-electron chi connectivity index (χ0n) is 11.3. The van der Waals surface area contributed by atoms with Gasteiger partial charge in [0.15, 0.2) is 17.5 Å². The number of nitrogens with zero attached hydrogens (tertiary/aromatic N) is 1. The summed E-state index contributed by atoms with van der Waals surface area (Å²) in [5.41, 5.74) is 0.577. The summed E-state index contributed by atoms with van der Waals surface area (Å²) in [6.45, 7) is 3.49. The fraction of sp³-hybridized carbons (Fsp3) is 0.600. The SMILES string of the molecule is Fc1cc([C@H](C2CCC2)N2CCNCC2)cc(F)c1F. The van der Waals surface area contributed by atoms with Crippen LogP contribution in [0.15, 0.2) is 12.1 Å². The molecule has 1 heterocycles. The Bertz CT molecular complexity index is 459. The molecule has 2 fully saturated rings. The maximum atomic E-state index is 13.5. The summed E-state index contributed by atoms with van der Waals surface area (Å²) in [5.74, 6) is -3.11. The Morgan fingerprint density at radius 3 is 2.15 bits per heavy atom. The van der Waals surface area contributed by atoms with Crippen LogP contribution < -0.4 is 5.32 Å². The van der Waals surface area contributed by atoms with E-state index in [1.807, 2.05) is 0 Å². The molecule has 1 N–H and O–H groups in total. The van der Waals surface area contributed by atoms with Crippen molar-refractivity contribution in [2.75, 3.05) is 26.2 Å². The largest absolute Gasteiger partial charge is 0.314 e. The van der Waals surface area contributed by atoms with Gasteiger partial charge in [0.2, 0.25) is 0 Å². The lowest BCUT2D eigenvalue weighted by Gasteiger charge is -2.43. The molecule has 1 aromatic carbocycles. The molecular weight excluding hydrogens is 265 g/mol. The number of piperazine rings is 1. The van der Waals surface area contributed by atoms with Gasteiger partial charge in [0.05, 0.1) is 0 Å². The molecule has 3 rings (SSSR count). The highest BCUT2D eigenvalue weighted by atomic mass is 19.2. The van der Waals surface area contributed by atoms with Crippen LogP contribution in [0, 0.1) is 23.4 Å². The van der Waals surface area contributed by atoms with Crippen LogP contribution in [0.25, 0.3) is 0 Å². The van der Waals surface area contributed by atoms with Crippen LogP contribution in [0.1, 0.15) is 30.9 Å². The first kappa shape index (κ1) is 13.9. The van der Waals surface area contributed by atoms with Gasteiger partial charge in [0.1, 0.15) is 0 Å². The number of hydrogen-bond donors (Lipinski definition) is 1. The number of rotatable bonds is 3. The quantitative estimate of drug-likeness (QED) is 0.859. The van der Waals surface area contributed by atoms with Gasteiger partial charge in [-0.05, 0) is 36.5 Å². The Labute approximate surface area is 117 Å². The topological polar surface area (TPSA) is 15.3 Å². The summed E-state index contributed by atoms with van der Waals surface area (Å²) < 4.78 is 40.2. The summed E-state index contributed by atoms with van der Waals surface area (Å²) in [6.07, 6.45) is 3.32. The minimum absolute atomic E-state index is 0.00968. The van der Waals surface area contributed by atoms with E-state index in [0.29, 0.717) is 11.5 Å². The molecule has 2 aliphatic rings. The second-order valence-electron chi connectivity index (χ2n) is 5.72. The van der Waals surface area contributed by atoms with Crippen LogP contribution in [0.3, 0.4) is 0 Å². The van der Waals surface area contributed by atoms with Crippen LogP contribution in [0.5, 0.6) is 0 Å². The van der Waals surface area contributed by atoms with Crippen molar-refractivity contribution in [2.45, 2.75) is 25.3 Å². The number of halogens is 3. The van der Waals surface area contributed by atoms with Gasteiger partial charge < -0.3 is 5.32 Å². The van der Waals surface area contributed by atoms with Gasteiger partial charge in [-0.1, -0.05) is 6.42 Å². The predicted octanol–water partition coefficient (Wildman–Crippen LogP) is 2.85. The summed E-state index contributed by atoms with van der Waals surface area (Å²) in [4.78, 5) is 2.27. The first-order chi connectivity index (χ1) is 9.66. The zero-order valence-corrected chi connectivity index (χ0v) is 11.3. The molecular formula is C15H19F3N2. The van der Waals surface area contributed by atoms with E-state index in [0.717, 1.165) is 39.0 Å². The van der Waals surface area contributed by atoms with Gasteiger partial charge in [0, 0.05) is 32.2 Å². The maximum absolute atomic E-state index is 13.5. The third-order valence-corrected chi connectivity index (χ3v) is 4.49. The second-order valence-corrected chi connectivity index (χ2v) is 5.72. The van der Waals surface area contributed by atoms with E-state index in [-0.39, 0.29) is 6.04 Å². The first-order valence-electron chi connectivity index (χ1n) is 7.26.